The monoisotopic (exact) mass is 571 g/mol. The van der Waals surface area contributed by atoms with Gasteiger partial charge in [-0.05, 0) is 32.4 Å². The molecule has 3 rings (SSSR count). The van der Waals surface area contributed by atoms with Gasteiger partial charge < -0.3 is 9.64 Å². The first kappa shape index (κ1) is 30.4. The van der Waals surface area contributed by atoms with Crippen molar-refractivity contribution in [2.45, 2.75) is 37.8 Å². The minimum Gasteiger partial charge on any atom is -0.443 e. The SMILES string of the molecule is CN(Cc1ccc(C2=NCCN2C(=O)OC(C)(C)C)cc1)C(=O)/C=C/CNCS(=O)(=O)c1ccccc1[N+](=O)[O-]. The van der Waals surface area contributed by atoms with Crippen molar-refractivity contribution in [1.29, 1.82) is 0 Å². The van der Waals surface area contributed by atoms with Gasteiger partial charge in [0.25, 0.3) is 5.69 Å². The molecule has 2 amide bonds. The summed E-state index contributed by atoms with van der Waals surface area (Å²) in [4.78, 5) is 42.5. The van der Waals surface area contributed by atoms with Gasteiger partial charge in [0, 0.05) is 37.8 Å². The number of ether oxygens (including phenoxy) is 1. The van der Waals surface area contributed by atoms with Crippen LogP contribution in [0.5, 0.6) is 0 Å². The highest BCUT2D eigenvalue weighted by molar-refractivity contribution is 7.91. The van der Waals surface area contributed by atoms with E-state index in [-0.39, 0.29) is 17.3 Å². The van der Waals surface area contributed by atoms with E-state index in [2.05, 4.69) is 10.3 Å². The van der Waals surface area contributed by atoms with Crippen LogP contribution >= 0.6 is 0 Å². The number of nitro groups is 1. The first-order chi connectivity index (χ1) is 18.8. The highest BCUT2D eigenvalue weighted by atomic mass is 32.2. The summed E-state index contributed by atoms with van der Waals surface area (Å²) in [5.74, 6) is -0.261. The quantitative estimate of drug-likeness (QED) is 0.198. The molecular weight excluding hydrogens is 538 g/mol. The Bertz CT molecular complexity index is 1410. The van der Waals surface area contributed by atoms with Crippen LogP contribution in [0.4, 0.5) is 10.5 Å². The van der Waals surface area contributed by atoms with E-state index in [0.717, 1.165) is 17.2 Å². The third-order valence-electron chi connectivity index (χ3n) is 5.67. The molecule has 1 heterocycles. The van der Waals surface area contributed by atoms with Gasteiger partial charge in [0.2, 0.25) is 5.91 Å². The third kappa shape index (κ3) is 8.20. The number of para-hydroxylation sites is 1. The third-order valence-corrected chi connectivity index (χ3v) is 7.27. The number of carbonyl (C=O) groups is 2. The summed E-state index contributed by atoms with van der Waals surface area (Å²) in [6, 6.07) is 12.5. The fraction of sp³-hybridized carbons (Fsp3) is 0.370. The highest BCUT2D eigenvalue weighted by Crippen LogP contribution is 2.23. The predicted molar refractivity (Wildman–Crippen MR) is 150 cm³/mol. The molecule has 2 aromatic carbocycles. The molecular formula is C27H33N5O7S. The summed E-state index contributed by atoms with van der Waals surface area (Å²) in [6.07, 6.45) is 2.36. The van der Waals surface area contributed by atoms with E-state index in [0.29, 0.717) is 25.5 Å². The van der Waals surface area contributed by atoms with Gasteiger partial charge in [0.05, 0.1) is 18.0 Å². The summed E-state index contributed by atoms with van der Waals surface area (Å²) < 4.78 is 30.4. The Kier molecular flexibility index (Phi) is 9.77. The molecule has 0 unspecified atom stereocenters. The van der Waals surface area contributed by atoms with Crippen molar-refractivity contribution in [3.8, 4) is 0 Å². The molecule has 1 aliphatic rings. The van der Waals surface area contributed by atoms with Crippen molar-refractivity contribution in [2.24, 2.45) is 4.99 Å². The molecule has 2 aromatic rings. The van der Waals surface area contributed by atoms with E-state index in [1.54, 1.807) is 7.05 Å². The Morgan fingerprint density at radius 3 is 2.50 bits per heavy atom. The van der Waals surface area contributed by atoms with Crippen molar-refractivity contribution in [1.82, 2.24) is 15.1 Å². The maximum Gasteiger partial charge on any atom is 0.416 e. The van der Waals surface area contributed by atoms with Crippen LogP contribution in [0, 0.1) is 10.1 Å². The normalized spacial score (nSPS) is 13.8. The van der Waals surface area contributed by atoms with Crippen molar-refractivity contribution in [3.05, 3.63) is 81.9 Å². The summed E-state index contributed by atoms with van der Waals surface area (Å²) in [6.45, 7) is 6.76. The smallest absolute Gasteiger partial charge is 0.416 e. The number of nitrogens with zero attached hydrogens (tertiary/aromatic N) is 4. The zero-order valence-electron chi connectivity index (χ0n) is 22.9. The molecule has 0 spiro atoms. The van der Waals surface area contributed by atoms with E-state index in [1.807, 2.05) is 45.0 Å². The second-order valence-electron chi connectivity index (χ2n) is 10.1. The molecule has 0 saturated carbocycles. The number of carbonyl (C=O) groups excluding carboxylic acids is 2. The lowest BCUT2D eigenvalue weighted by Gasteiger charge is -2.25. The second kappa shape index (κ2) is 12.8. The van der Waals surface area contributed by atoms with Gasteiger partial charge in [-0.2, -0.15) is 0 Å². The number of rotatable bonds is 10. The minimum absolute atomic E-state index is 0.0738. The molecule has 0 radical (unpaired) electrons. The van der Waals surface area contributed by atoms with Gasteiger partial charge in [-0.1, -0.05) is 42.5 Å². The van der Waals surface area contributed by atoms with Crippen LogP contribution in [0.2, 0.25) is 0 Å². The molecule has 0 aliphatic carbocycles. The number of benzene rings is 2. The van der Waals surface area contributed by atoms with Crippen LogP contribution < -0.4 is 5.32 Å². The topological polar surface area (TPSA) is 152 Å². The molecule has 13 heteroatoms. The molecule has 1 N–H and O–H groups in total. The van der Waals surface area contributed by atoms with Crippen molar-refractivity contribution >= 4 is 33.4 Å². The number of amides is 2. The summed E-state index contributed by atoms with van der Waals surface area (Å²) in [5, 5.41) is 13.8. The Morgan fingerprint density at radius 2 is 1.85 bits per heavy atom. The fourth-order valence-corrected chi connectivity index (χ4v) is 5.10. The van der Waals surface area contributed by atoms with Gasteiger partial charge in [0.15, 0.2) is 9.84 Å². The first-order valence-corrected chi connectivity index (χ1v) is 14.2. The van der Waals surface area contributed by atoms with E-state index in [1.165, 1.54) is 40.2 Å². The number of hydrogen-bond acceptors (Lipinski definition) is 9. The van der Waals surface area contributed by atoms with E-state index in [9.17, 15) is 28.1 Å². The standard InChI is InChI=1S/C27H33N5O7S/c1-27(2,3)39-26(34)31-17-16-29-25(31)21-13-11-20(12-14-21)18-30(4)24(33)10-7-15-28-19-40(37,38)23-9-6-5-8-22(23)32(35)36/h5-14,28H,15-19H2,1-4H3/b10-7+. The van der Waals surface area contributed by atoms with Gasteiger partial charge in [-0.15, -0.1) is 0 Å². The maximum atomic E-state index is 12.5. The summed E-state index contributed by atoms with van der Waals surface area (Å²) >= 11 is 0. The maximum absolute atomic E-state index is 12.5. The first-order valence-electron chi connectivity index (χ1n) is 12.5. The zero-order valence-corrected chi connectivity index (χ0v) is 23.7. The van der Waals surface area contributed by atoms with E-state index < -0.39 is 38.0 Å². The van der Waals surface area contributed by atoms with Crippen LogP contribution in [0.3, 0.4) is 0 Å². The second-order valence-corrected chi connectivity index (χ2v) is 12.0. The Labute approximate surface area is 233 Å². The highest BCUT2D eigenvalue weighted by Gasteiger charge is 2.29. The number of sulfone groups is 1. The molecule has 0 aromatic heterocycles. The average Bonchev–Trinajstić information content (AvgIpc) is 3.38. The molecule has 0 fully saturated rings. The number of nitrogens with one attached hydrogen (secondary N) is 1. The fourth-order valence-electron chi connectivity index (χ4n) is 3.81. The number of likely N-dealkylation sites (N-methyl/N-ethyl adjacent to an activating group) is 1. The van der Waals surface area contributed by atoms with Crippen LogP contribution in [0.25, 0.3) is 0 Å². The van der Waals surface area contributed by atoms with Gasteiger partial charge in [-0.3, -0.25) is 30.1 Å². The van der Waals surface area contributed by atoms with E-state index >= 15 is 0 Å². The Hall–Kier alpha value is -4.10. The average molecular weight is 572 g/mol. The van der Waals surface area contributed by atoms with Gasteiger partial charge in [0.1, 0.15) is 22.2 Å². The van der Waals surface area contributed by atoms with Gasteiger partial charge >= 0.3 is 6.09 Å². The minimum atomic E-state index is -3.94. The summed E-state index contributed by atoms with van der Waals surface area (Å²) in [7, 11) is -2.30. The van der Waals surface area contributed by atoms with Crippen molar-refractivity contribution in [2.75, 3.05) is 32.6 Å². The lowest BCUT2D eigenvalue weighted by atomic mass is 10.1. The van der Waals surface area contributed by atoms with Gasteiger partial charge in [-0.25, -0.2) is 13.2 Å². The largest absolute Gasteiger partial charge is 0.443 e. The number of aliphatic imine (C=N–C) groups is 1. The van der Waals surface area contributed by atoms with Crippen LogP contribution in [0.1, 0.15) is 31.9 Å². The molecule has 12 nitrogen and oxygen atoms in total. The lowest BCUT2D eigenvalue weighted by Crippen LogP contribution is -2.39. The molecule has 0 bridgehead atoms. The Morgan fingerprint density at radius 1 is 1.18 bits per heavy atom. The molecule has 40 heavy (non-hydrogen) atoms. The molecule has 1 aliphatic heterocycles. The van der Waals surface area contributed by atoms with Crippen LogP contribution in [0.15, 0.2) is 70.6 Å². The number of amidine groups is 1. The van der Waals surface area contributed by atoms with Crippen molar-refractivity contribution in [3.63, 3.8) is 0 Å². The van der Waals surface area contributed by atoms with Crippen LogP contribution in [-0.2, 0) is 25.9 Å². The number of hydrogen-bond donors (Lipinski definition) is 1. The molecule has 0 saturated heterocycles. The predicted octanol–water partition coefficient (Wildman–Crippen LogP) is 3.13. The summed E-state index contributed by atoms with van der Waals surface area (Å²) in [5.41, 5.74) is 0.535. The number of nitro benzene ring substituents is 1. The Balaban J connectivity index is 1.50. The zero-order chi connectivity index (χ0) is 29.5. The molecule has 214 valence electrons. The van der Waals surface area contributed by atoms with Crippen molar-refractivity contribution < 1.29 is 27.7 Å². The molecule has 0 atom stereocenters. The van der Waals surface area contributed by atoms with E-state index in [4.69, 9.17) is 4.74 Å². The van der Waals surface area contributed by atoms with Crippen LogP contribution in [-0.4, -0.2) is 79.1 Å². The lowest BCUT2D eigenvalue weighted by molar-refractivity contribution is -0.387.